The molecular weight excluding hydrogens is 483 g/mol. The van der Waals surface area contributed by atoms with Crippen molar-refractivity contribution in [2.45, 2.75) is 56.0 Å². The Morgan fingerprint density at radius 1 is 0.944 bits per heavy atom. The minimum Gasteiger partial charge on any atom is -0.358 e. The van der Waals surface area contributed by atoms with E-state index in [1.54, 1.807) is 30.3 Å². The molecule has 0 aliphatic carbocycles. The summed E-state index contributed by atoms with van der Waals surface area (Å²) < 4.78 is 41.4. The van der Waals surface area contributed by atoms with Gasteiger partial charge in [0.15, 0.2) is 0 Å². The number of sulfonamides is 1. The van der Waals surface area contributed by atoms with Crippen LogP contribution in [-0.2, 0) is 26.2 Å². The molecule has 192 valence electrons. The monoisotopic (exact) mass is 514 g/mol. The third-order valence-electron chi connectivity index (χ3n) is 7.26. The molecule has 0 spiro atoms. The lowest BCUT2D eigenvalue weighted by Gasteiger charge is -2.45. The molecule has 1 atom stereocenters. The first-order chi connectivity index (χ1) is 17.3. The van der Waals surface area contributed by atoms with Gasteiger partial charge < -0.3 is 10.2 Å². The van der Waals surface area contributed by atoms with Crippen molar-refractivity contribution in [1.29, 1.82) is 0 Å². The van der Waals surface area contributed by atoms with Gasteiger partial charge in [-0.3, -0.25) is 14.5 Å². The lowest BCUT2D eigenvalue weighted by molar-refractivity contribution is -0.125. The highest BCUT2D eigenvalue weighted by atomic mass is 32.2. The van der Waals surface area contributed by atoms with Gasteiger partial charge in [0.25, 0.3) is 0 Å². The first-order valence-corrected chi connectivity index (χ1v) is 14.0. The van der Waals surface area contributed by atoms with Crippen LogP contribution in [0.15, 0.2) is 47.4 Å². The van der Waals surface area contributed by atoms with E-state index in [4.69, 9.17) is 0 Å². The molecule has 2 aromatic carbocycles. The second-order valence-electron chi connectivity index (χ2n) is 9.65. The van der Waals surface area contributed by atoms with Crippen LogP contribution in [0.25, 0.3) is 0 Å². The number of nitrogens with zero attached hydrogens (tertiary/aromatic N) is 3. The fraction of sp³-hybridized carbons (Fsp3) is 0.462. The third kappa shape index (κ3) is 4.84. The molecule has 2 amide bonds. The van der Waals surface area contributed by atoms with Gasteiger partial charge in [-0.15, -0.1) is 0 Å². The molecule has 5 rings (SSSR count). The number of carbonyl (C=O) groups excluding carboxylic acids is 2. The maximum absolute atomic E-state index is 13.5. The number of rotatable bonds is 6. The molecular formula is C26H31FN4O4S. The summed E-state index contributed by atoms with van der Waals surface area (Å²) in [5.41, 5.74) is 1.97. The van der Waals surface area contributed by atoms with E-state index in [0.717, 1.165) is 43.4 Å². The van der Waals surface area contributed by atoms with Crippen molar-refractivity contribution in [1.82, 2.24) is 9.62 Å². The topological polar surface area (TPSA) is 90.0 Å². The molecule has 0 aromatic heterocycles. The normalized spacial score (nSPS) is 20.6. The van der Waals surface area contributed by atoms with E-state index in [0.29, 0.717) is 31.7 Å². The van der Waals surface area contributed by atoms with Crippen molar-refractivity contribution in [2.75, 3.05) is 36.0 Å². The Bertz CT molecular complexity index is 1250. The zero-order valence-electron chi connectivity index (χ0n) is 20.2. The van der Waals surface area contributed by atoms with Gasteiger partial charge in [0.1, 0.15) is 18.4 Å². The standard InChI is InChI=1S/C26H31FN4O4S/c27-20-9-7-19(8-10-20)17-28-25(32)18-31-24-16-21(36(34,35)29-13-3-1-4-14-29)11-12-22(24)30-15-5-2-6-23(30)26(31)33/h7-12,16,23H,1-6,13-15,17-18H2,(H,28,32)/t23-/m1/s1. The molecule has 10 heteroatoms. The third-order valence-corrected chi connectivity index (χ3v) is 9.15. The van der Waals surface area contributed by atoms with E-state index < -0.39 is 10.0 Å². The van der Waals surface area contributed by atoms with Crippen molar-refractivity contribution >= 4 is 33.2 Å². The lowest BCUT2D eigenvalue weighted by atomic mass is 9.96. The Kier molecular flexibility index (Phi) is 6.98. The summed E-state index contributed by atoms with van der Waals surface area (Å²) >= 11 is 0. The average Bonchev–Trinajstić information content (AvgIpc) is 2.91. The Morgan fingerprint density at radius 2 is 1.67 bits per heavy atom. The number of anilines is 2. The summed E-state index contributed by atoms with van der Waals surface area (Å²) in [6.45, 7) is 1.67. The number of nitrogens with one attached hydrogen (secondary N) is 1. The lowest BCUT2D eigenvalue weighted by Crippen LogP contribution is -2.57. The molecule has 2 fully saturated rings. The summed E-state index contributed by atoms with van der Waals surface area (Å²) in [6.07, 6.45) is 5.25. The molecule has 0 saturated carbocycles. The van der Waals surface area contributed by atoms with Crippen LogP contribution in [0.2, 0.25) is 0 Å². The molecule has 0 radical (unpaired) electrons. The SMILES string of the molecule is O=C(CN1C(=O)[C@H]2CCCCN2c2ccc(S(=O)(=O)N3CCCCC3)cc21)NCc1ccc(F)cc1. The number of fused-ring (bicyclic) bond motifs is 3. The molecule has 0 bridgehead atoms. The molecule has 2 aromatic rings. The summed E-state index contributed by atoms with van der Waals surface area (Å²) in [6, 6.07) is 10.4. The van der Waals surface area contributed by atoms with Gasteiger partial charge in [0.2, 0.25) is 21.8 Å². The van der Waals surface area contributed by atoms with Crippen molar-refractivity contribution in [2.24, 2.45) is 0 Å². The average molecular weight is 515 g/mol. The maximum atomic E-state index is 13.5. The van der Waals surface area contributed by atoms with E-state index in [-0.39, 0.29) is 41.7 Å². The zero-order valence-corrected chi connectivity index (χ0v) is 21.0. The number of hydrogen-bond donors (Lipinski definition) is 1. The summed E-state index contributed by atoms with van der Waals surface area (Å²) in [5.74, 6) is -0.910. The van der Waals surface area contributed by atoms with Crippen molar-refractivity contribution in [3.63, 3.8) is 0 Å². The van der Waals surface area contributed by atoms with Crippen molar-refractivity contribution in [3.05, 3.63) is 53.8 Å². The first-order valence-electron chi connectivity index (χ1n) is 12.6. The van der Waals surface area contributed by atoms with Gasteiger partial charge in [-0.25, -0.2) is 12.8 Å². The van der Waals surface area contributed by atoms with E-state index in [9.17, 15) is 22.4 Å². The number of benzene rings is 2. The maximum Gasteiger partial charge on any atom is 0.250 e. The van der Waals surface area contributed by atoms with Gasteiger partial charge in [0, 0.05) is 26.2 Å². The van der Waals surface area contributed by atoms with Crippen LogP contribution in [0, 0.1) is 5.82 Å². The largest absolute Gasteiger partial charge is 0.358 e. The molecule has 8 nitrogen and oxygen atoms in total. The molecule has 3 aliphatic rings. The van der Waals surface area contributed by atoms with E-state index >= 15 is 0 Å². The predicted octanol–water partition coefficient (Wildman–Crippen LogP) is 3.02. The molecule has 3 heterocycles. The minimum absolute atomic E-state index is 0.142. The van der Waals surface area contributed by atoms with E-state index in [2.05, 4.69) is 5.32 Å². The van der Waals surface area contributed by atoms with Gasteiger partial charge in [-0.1, -0.05) is 18.6 Å². The molecule has 2 saturated heterocycles. The van der Waals surface area contributed by atoms with Gasteiger partial charge in [-0.2, -0.15) is 4.31 Å². The van der Waals surface area contributed by atoms with Crippen molar-refractivity contribution in [3.8, 4) is 0 Å². The van der Waals surface area contributed by atoms with Crippen LogP contribution in [0.4, 0.5) is 15.8 Å². The number of piperidine rings is 2. The smallest absolute Gasteiger partial charge is 0.250 e. The highest BCUT2D eigenvalue weighted by Crippen LogP contribution is 2.41. The molecule has 0 unspecified atom stereocenters. The summed E-state index contributed by atoms with van der Waals surface area (Å²) in [7, 11) is -3.70. The Balaban J connectivity index is 1.42. The van der Waals surface area contributed by atoms with E-state index in [1.807, 2.05) is 4.90 Å². The van der Waals surface area contributed by atoms with Crippen LogP contribution >= 0.6 is 0 Å². The van der Waals surface area contributed by atoms with Crippen LogP contribution in [0.5, 0.6) is 0 Å². The fourth-order valence-corrected chi connectivity index (χ4v) is 6.86. The molecule has 36 heavy (non-hydrogen) atoms. The predicted molar refractivity (Wildman–Crippen MR) is 135 cm³/mol. The Morgan fingerprint density at radius 3 is 2.42 bits per heavy atom. The Hall–Kier alpha value is -2.98. The van der Waals surface area contributed by atoms with Gasteiger partial charge in [-0.05, 0) is 68.0 Å². The highest BCUT2D eigenvalue weighted by molar-refractivity contribution is 7.89. The minimum atomic E-state index is -3.70. The number of carbonyl (C=O) groups is 2. The highest BCUT2D eigenvalue weighted by Gasteiger charge is 2.41. The van der Waals surface area contributed by atoms with Crippen LogP contribution in [-0.4, -0.2) is 56.8 Å². The van der Waals surface area contributed by atoms with Gasteiger partial charge >= 0.3 is 0 Å². The van der Waals surface area contributed by atoms with Crippen molar-refractivity contribution < 1.29 is 22.4 Å². The Labute approximate surface area is 211 Å². The second kappa shape index (κ2) is 10.2. The summed E-state index contributed by atoms with van der Waals surface area (Å²) in [4.78, 5) is 30.0. The molecule has 1 N–H and O–H groups in total. The number of hydrogen-bond acceptors (Lipinski definition) is 5. The zero-order chi connectivity index (χ0) is 25.3. The second-order valence-corrected chi connectivity index (χ2v) is 11.6. The quantitative estimate of drug-likeness (QED) is 0.640. The van der Waals surface area contributed by atoms with Crippen LogP contribution in [0.3, 0.4) is 0 Å². The van der Waals surface area contributed by atoms with E-state index in [1.165, 1.54) is 21.3 Å². The molecule has 3 aliphatic heterocycles. The number of amides is 2. The fourth-order valence-electron chi connectivity index (χ4n) is 5.32. The first kappa shape index (κ1) is 24.7. The van der Waals surface area contributed by atoms with Crippen LogP contribution < -0.4 is 15.1 Å². The number of halogens is 1. The summed E-state index contributed by atoms with van der Waals surface area (Å²) in [5, 5.41) is 2.79. The van der Waals surface area contributed by atoms with Crippen LogP contribution in [0.1, 0.15) is 44.1 Å². The van der Waals surface area contributed by atoms with Gasteiger partial charge in [0.05, 0.1) is 16.3 Å².